The summed E-state index contributed by atoms with van der Waals surface area (Å²) in [5, 5.41) is 9.00. The van der Waals surface area contributed by atoms with E-state index in [4.69, 9.17) is 14.3 Å². The van der Waals surface area contributed by atoms with Gasteiger partial charge in [-0.05, 0) is 51.4 Å². The van der Waals surface area contributed by atoms with E-state index in [0.717, 1.165) is 31.6 Å². The fraction of sp³-hybridized carbons (Fsp3) is 0.700. The largest absolute Gasteiger partial charge is 0.481 e. The van der Waals surface area contributed by atoms with Crippen LogP contribution in [0, 0.1) is 12.8 Å². The second kappa shape index (κ2) is 8.25. The summed E-state index contributed by atoms with van der Waals surface area (Å²) in [6.07, 6.45) is 8.24. The van der Waals surface area contributed by atoms with Crippen molar-refractivity contribution in [2.75, 3.05) is 13.1 Å². The third-order valence-corrected chi connectivity index (χ3v) is 5.65. The first-order valence-corrected chi connectivity index (χ1v) is 9.67. The van der Waals surface area contributed by atoms with Crippen LogP contribution in [-0.4, -0.2) is 47.2 Å². The summed E-state index contributed by atoms with van der Waals surface area (Å²) in [4.78, 5) is 25.6. The average molecular weight is 363 g/mol. The molecule has 0 spiro atoms. The number of aryl methyl sites for hydroxylation is 1. The third kappa shape index (κ3) is 4.47. The Balaban J connectivity index is 1.54. The van der Waals surface area contributed by atoms with Crippen LogP contribution in [0.4, 0.5) is 0 Å². The number of hydrogen-bond donors (Lipinski definition) is 1. The molecule has 1 aliphatic carbocycles. The first kappa shape index (κ1) is 19.0. The van der Waals surface area contributed by atoms with Crippen LogP contribution < -0.4 is 0 Å². The lowest BCUT2D eigenvalue weighted by Gasteiger charge is -2.35. The summed E-state index contributed by atoms with van der Waals surface area (Å²) in [7, 11) is 0. The second-order valence-electron chi connectivity index (χ2n) is 7.80. The van der Waals surface area contributed by atoms with Gasteiger partial charge in [0.25, 0.3) is 5.91 Å². The molecule has 1 aliphatic heterocycles. The Morgan fingerprint density at radius 2 is 1.77 bits per heavy atom. The number of nitrogens with zero attached hydrogens (tertiary/aromatic N) is 1. The number of carbonyl (C=O) groups excluding carboxylic acids is 1. The number of hydrogen-bond acceptors (Lipinski definition) is 4. The number of likely N-dealkylation sites (tertiary alicyclic amines) is 1. The van der Waals surface area contributed by atoms with Crippen LogP contribution in [0.25, 0.3) is 0 Å². The Morgan fingerprint density at radius 1 is 1.15 bits per heavy atom. The number of carboxylic acid groups (broad SMARTS) is 1. The van der Waals surface area contributed by atoms with Gasteiger partial charge >= 0.3 is 5.97 Å². The quantitative estimate of drug-likeness (QED) is 0.867. The van der Waals surface area contributed by atoms with Gasteiger partial charge in [0.2, 0.25) is 0 Å². The number of rotatable bonds is 5. The molecule has 1 aromatic rings. The van der Waals surface area contributed by atoms with Crippen molar-refractivity contribution in [3.05, 3.63) is 23.2 Å². The summed E-state index contributed by atoms with van der Waals surface area (Å²) in [6, 6.07) is 0. The predicted octanol–water partition coefficient (Wildman–Crippen LogP) is 3.42. The molecule has 0 aromatic carbocycles. The lowest BCUT2D eigenvalue weighted by molar-refractivity contribution is -0.136. The Hall–Kier alpha value is -1.82. The molecule has 2 fully saturated rings. The summed E-state index contributed by atoms with van der Waals surface area (Å²) < 4.78 is 11.6. The molecule has 3 rings (SSSR count). The molecule has 1 saturated heterocycles. The molecule has 0 unspecified atom stereocenters. The average Bonchev–Trinajstić information content (AvgIpc) is 2.96. The molecule has 6 heteroatoms. The Bertz CT molecular complexity index is 637. The number of piperidine rings is 1. The topological polar surface area (TPSA) is 80.0 Å². The fourth-order valence-electron chi connectivity index (χ4n) is 4.04. The van der Waals surface area contributed by atoms with Crippen molar-refractivity contribution in [1.82, 2.24) is 4.90 Å². The van der Waals surface area contributed by atoms with E-state index >= 15 is 0 Å². The molecule has 26 heavy (non-hydrogen) atoms. The summed E-state index contributed by atoms with van der Waals surface area (Å²) >= 11 is 0. The van der Waals surface area contributed by atoms with E-state index in [1.807, 2.05) is 0 Å². The molecule has 2 heterocycles. The van der Waals surface area contributed by atoms with Gasteiger partial charge in [-0.1, -0.05) is 6.92 Å². The number of furan rings is 1. The van der Waals surface area contributed by atoms with Crippen molar-refractivity contribution in [2.24, 2.45) is 5.92 Å². The van der Waals surface area contributed by atoms with Gasteiger partial charge in [-0.25, -0.2) is 0 Å². The SMILES string of the molecule is Cc1coc(CC(=O)O)c1C(=O)N1CCC(OC2CCC(C)CC2)CC1. The van der Waals surface area contributed by atoms with Crippen LogP contribution in [0.3, 0.4) is 0 Å². The zero-order valence-corrected chi connectivity index (χ0v) is 15.7. The molecule has 0 radical (unpaired) electrons. The highest BCUT2D eigenvalue weighted by Gasteiger charge is 2.30. The van der Waals surface area contributed by atoms with Crippen molar-refractivity contribution < 1.29 is 23.8 Å². The number of carboxylic acids is 1. The van der Waals surface area contributed by atoms with Gasteiger partial charge in [-0.3, -0.25) is 9.59 Å². The number of carbonyl (C=O) groups is 2. The van der Waals surface area contributed by atoms with Crippen molar-refractivity contribution >= 4 is 11.9 Å². The molecule has 0 bridgehead atoms. The number of amides is 1. The lowest BCUT2D eigenvalue weighted by Crippen LogP contribution is -2.42. The molecule has 1 saturated carbocycles. The maximum atomic E-state index is 12.8. The smallest absolute Gasteiger partial charge is 0.311 e. The van der Waals surface area contributed by atoms with Crippen LogP contribution in [0.2, 0.25) is 0 Å². The van der Waals surface area contributed by atoms with E-state index in [1.54, 1.807) is 11.8 Å². The summed E-state index contributed by atoms with van der Waals surface area (Å²) in [5.41, 5.74) is 1.11. The Morgan fingerprint density at radius 3 is 2.38 bits per heavy atom. The van der Waals surface area contributed by atoms with E-state index in [0.29, 0.717) is 30.3 Å². The maximum absolute atomic E-state index is 12.8. The van der Waals surface area contributed by atoms with E-state index in [9.17, 15) is 9.59 Å². The predicted molar refractivity (Wildman–Crippen MR) is 96.2 cm³/mol. The van der Waals surface area contributed by atoms with Gasteiger partial charge < -0.3 is 19.2 Å². The van der Waals surface area contributed by atoms with Crippen molar-refractivity contribution in [1.29, 1.82) is 0 Å². The molecule has 144 valence electrons. The lowest BCUT2D eigenvalue weighted by atomic mass is 9.88. The van der Waals surface area contributed by atoms with Crippen molar-refractivity contribution in [2.45, 2.75) is 71.0 Å². The molecule has 1 amide bonds. The molecular weight excluding hydrogens is 334 g/mol. The van der Waals surface area contributed by atoms with Gasteiger partial charge in [-0.15, -0.1) is 0 Å². The molecular formula is C20H29NO5. The first-order chi connectivity index (χ1) is 12.4. The Kier molecular flexibility index (Phi) is 6.01. The van der Waals surface area contributed by atoms with E-state index < -0.39 is 5.97 Å². The summed E-state index contributed by atoms with van der Waals surface area (Å²) in [5.74, 6) is -0.0676. The zero-order valence-electron chi connectivity index (χ0n) is 15.7. The number of ether oxygens (including phenoxy) is 1. The van der Waals surface area contributed by atoms with Gasteiger partial charge in [0, 0.05) is 18.7 Å². The van der Waals surface area contributed by atoms with Crippen LogP contribution >= 0.6 is 0 Å². The minimum absolute atomic E-state index is 0.127. The highest BCUT2D eigenvalue weighted by atomic mass is 16.5. The van der Waals surface area contributed by atoms with Crippen LogP contribution in [-0.2, 0) is 16.0 Å². The van der Waals surface area contributed by atoms with Crippen LogP contribution in [0.15, 0.2) is 10.7 Å². The van der Waals surface area contributed by atoms with Gasteiger partial charge in [0.15, 0.2) is 0 Å². The summed E-state index contributed by atoms with van der Waals surface area (Å²) in [6.45, 7) is 5.37. The van der Waals surface area contributed by atoms with Crippen molar-refractivity contribution in [3.63, 3.8) is 0 Å². The van der Waals surface area contributed by atoms with E-state index in [2.05, 4.69) is 6.92 Å². The van der Waals surface area contributed by atoms with Gasteiger partial charge in [0.05, 0.1) is 24.0 Å². The third-order valence-electron chi connectivity index (χ3n) is 5.65. The highest BCUT2D eigenvalue weighted by molar-refractivity contribution is 5.97. The van der Waals surface area contributed by atoms with Crippen molar-refractivity contribution in [3.8, 4) is 0 Å². The highest BCUT2D eigenvalue weighted by Crippen LogP contribution is 2.29. The normalized spacial score (nSPS) is 24.6. The minimum Gasteiger partial charge on any atom is -0.481 e. The van der Waals surface area contributed by atoms with E-state index in [1.165, 1.54) is 19.1 Å². The van der Waals surface area contributed by atoms with Gasteiger partial charge in [-0.2, -0.15) is 0 Å². The first-order valence-electron chi connectivity index (χ1n) is 9.67. The zero-order chi connectivity index (χ0) is 18.7. The molecule has 0 atom stereocenters. The van der Waals surface area contributed by atoms with Crippen LogP contribution in [0.1, 0.15) is 67.1 Å². The maximum Gasteiger partial charge on any atom is 0.311 e. The standard InChI is InChI=1S/C20H29NO5/c1-13-3-5-15(6-4-13)26-16-7-9-21(10-8-16)20(24)19-14(2)12-25-17(19)11-18(22)23/h12-13,15-16H,3-11H2,1-2H3,(H,22,23). The Labute approximate surface area is 154 Å². The van der Waals surface area contributed by atoms with E-state index in [-0.39, 0.29) is 24.2 Å². The molecule has 6 nitrogen and oxygen atoms in total. The fourth-order valence-corrected chi connectivity index (χ4v) is 4.04. The molecule has 1 N–H and O–H groups in total. The van der Waals surface area contributed by atoms with Crippen LogP contribution in [0.5, 0.6) is 0 Å². The molecule has 1 aromatic heterocycles. The van der Waals surface area contributed by atoms with Gasteiger partial charge in [0.1, 0.15) is 12.2 Å². The second-order valence-corrected chi connectivity index (χ2v) is 7.80. The monoisotopic (exact) mass is 363 g/mol. The molecule has 2 aliphatic rings. The number of aliphatic carboxylic acids is 1. The minimum atomic E-state index is -0.998.